The minimum atomic E-state index is -0.175. The van der Waals surface area contributed by atoms with Gasteiger partial charge in [-0.25, -0.2) is 0 Å². The van der Waals surface area contributed by atoms with Gasteiger partial charge in [-0.2, -0.15) is 0 Å². The van der Waals surface area contributed by atoms with Crippen LogP contribution >= 0.6 is 11.8 Å². The number of hydrogen-bond donors (Lipinski definition) is 2. The Bertz CT molecular complexity index is 772. The molecule has 3 rings (SSSR count). The largest absolute Gasteiger partial charge is 0.324 e. The van der Waals surface area contributed by atoms with Crippen molar-refractivity contribution in [2.45, 2.75) is 37.5 Å². The van der Waals surface area contributed by atoms with Gasteiger partial charge in [0.25, 0.3) is 5.91 Å². The van der Waals surface area contributed by atoms with E-state index in [0.29, 0.717) is 17.0 Å². The molecule has 0 saturated heterocycles. The molecule has 0 aliphatic carbocycles. The summed E-state index contributed by atoms with van der Waals surface area (Å²) in [6.45, 7) is 2.20. The summed E-state index contributed by atoms with van der Waals surface area (Å²) in [6, 6.07) is 13.4. The number of amides is 2. The molecule has 0 saturated carbocycles. The number of rotatable bonds is 6. The van der Waals surface area contributed by atoms with Crippen molar-refractivity contribution in [2.75, 3.05) is 16.4 Å². The number of carbonyl (C=O) groups is 2. The van der Waals surface area contributed by atoms with Crippen LogP contribution in [0.3, 0.4) is 0 Å². The molecule has 2 aromatic carbocycles. The average Bonchev–Trinajstić information content (AvgIpc) is 2.62. The van der Waals surface area contributed by atoms with E-state index in [4.69, 9.17) is 0 Å². The number of fused-ring (bicyclic) bond motifs is 1. The quantitative estimate of drug-likeness (QED) is 0.738. The lowest BCUT2D eigenvalue weighted by molar-refractivity contribution is -0.113. The monoisotopic (exact) mass is 354 g/mol. The second kappa shape index (κ2) is 8.21. The second-order valence-corrected chi connectivity index (χ2v) is 7.17. The highest BCUT2D eigenvalue weighted by atomic mass is 32.2. The summed E-state index contributed by atoms with van der Waals surface area (Å²) in [5, 5.41) is 5.72. The molecule has 1 aliphatic rings. The molecular formula is C20H22N2O2S. The Morgan fingerprint density at radius 3 is 2.72 bits per heavy atom. The summed E-state index contributed by atoms with van der Waals surface area (Å²) in [6.07, 6.45) is 4.73. The molecule has 0 aromatic heterocycles. The SMILES string of the molecule is CCCCCc1ccc(NC(=O)c2ccc3c(c2)NC(=O)CS3)cc1. The number of hydrogen-bond acceptors (Lipinski definition) is 3. The standard InChI is InChI=1S/C20H22N2O2S/c1-2-3-4-5-14-6-9-16(10-7-14)21-20(24)15-8-11-18-17(12-15)22-19(23)13-25-18/h6-12H,2-5,13H2,1H3,(H,21,24)(H,22,23). The van der Waals surface area contributed by atoms with Crippen LogP contribution in [0.1, 0.15) is 42.1 Å². The van der Waals surface area contributed by atoms with Crippen LogP contribution in [0.2, 0.25) is 0 Å². The van der Waals surface area contributed by atoms with Gasteiger partial charge in [0.05, 0.1) is 11.4 Å². The Balaban J connectivity index is 1.64. The van der Waals surface area contributed by atoms with Gasteiger partial charge in [-0.3, -0.25) is 9.59 Å². The van der Waals surface area contributed by atoms with Crippen LogP contribution in [0.4, 0.5) is 11.4 Å². The molecule has 4 nitrogen and oxygen atoms in total. The number of nitrogens with one attached hydrogen (secondary N) is 2. The lowest BCUT2D eigenvalue weighted by atomic mass is 10.1. The Morgan fingerprint density at radius 1 is 1.16 bits per heavy atom. The van der Waals surface area contributed by atoms with Gasteiger partial charge in [-0.15, -0.1) is 11.8 Å². The molecule has 2 aromatic rings. The minimum Gasteiger partial charge on any atom is -0.324 e. The zero-order valence-corrected chi connectivity index (χ0v) is 15.1. The van der Waals surface area contributed by atoms with E-state index in [9.17, 15) is 9.59 Å². The van der Waals surface area contributed by atoms with E-state index in [2.05, 4.69) is 29.7 Å². The first-order valence-corrected chi connectivity index (χ1v) is 9.61. The van der Waals surface area contributed by atoms with Gasteiger partial charge in [0, 0.05) is 16.1 Å². The van der Waals surface area contributed by atoms with Crippen LogP contribution in [0, 0.1) is 0 Å². The van der Waals surface area contributed by atoms with E-state index >= 15 is 0 Å². The van der Waals surface area contributed by atoms with Crippen LogP contribution in [0.5, 0.6) is 0 Å². The molecule has 0 unspecified atom stereocenters. The van der Waals surface area contributed by atoms with Crippen molar-refractivity contribution in [1.29, 1.82) is 0 Å². The molecule has 2 amide bonds. The van der Waals surface area contributed by atoms with Crippen molar-refractivity contribution in [2.24, 2.45) is 0 Å². The van der Waals surface area contributed by atoms with E-state index in [0.717, 1.165) is 17.0 Å². The topological polar surface area (TPSA) is 58.2 Å². The van der Waals surface area contributed by atoms with Gasteiger partial charge in [0.1, 0.15) is 0 Å². The molecule has 0 atom stereocenters. The van der Waals surface area contributed by atoms with Crippen molar-refractivity contribution in [3.05, 3.63) is 53.6 Å². The van der Waals surface area contributed by atoms with E-state index in [1.807, 2.05) is 18.2 Å². The van der Waals surface area contributed by atoms with Crippen LogP contribution in [-0.4, -0.2) is 17.6 Å². The van der Waals surface area contributed by atoms with Gasteiger partial charge in [0.15, 0.2) is 0 Å². The van der Waals surface area contributed by atoms with E-state index in [-0.39, 0.29) is 11.8 Å². The third kappa shape index (κ3) is 4.63. The van der Waals surface area contributed by atoms with Crippen molar-refractivity contribution in [3.8, 4) is 0 Å². The van der Waals surface area contributed by atoms with Crippen LogP contribution in [-0.2, 0) is 11.2 Å². The van der Waals surface area contributed by atoms with Crippen molar-refractivity contribution >= 4 is 35.0 Å². The molecule has 1 heterocycles. The fourth-order valence-electron chi connectivity index (χ4n) is 2.76. The molecule has 130 valence electrons. The highest BCUT2D eigenvalue weighted by Crippen LogP contribution is 2.32. The first-order valence-electron chi connectivity index (χ1n) is 8.62. The lowest BCUT2D eigenvalue weighted by Crippen LogP contribution is -2.19. The maximum absolute atomic E-state index is 12.4. The Morgan fingerprint density at radius 2 is 1.96 bits per heavy atom. The number of unbranched alkanes of at least 4 members (excludes halogenated alkanes) is 2. The fraction of sp³-hybridized carbons (Fsp3) is 0.300. The maximum atomic E-state index is 12.4. The molecule has 1 aliphatic heterocycles. The predicted octanol–water partition coefficient (Wildman–Crippen LogP) is 4.72. The van der Waals surface area contributed by atoms with Gasteiger partial charge < -0.3 is 10.6 Å². The van der Waals surface area contributed by atoms with Gasteiger partial charge in [-0.1, -0.05) is 31.9 Å². The highest BCUT2D eigenvalue weighted by molar-refractivity contribution is 8.00. The summed E-state index contributed by atoms with van der Waals surface area (Å²) in [5.41, 5.74) is 3.31. The van der Waals surface area contributed by atoms with Gasteiger partial charge >= 0.3 is 0 Å². The molecule has 2 N–H and O–H groups in total. The third-order valence-electron chi connectivity index (χ3n) is 4.16. The van der Waals surface area contributed by atoms with Gasteiger partial charge in [-0.05, 0) is 48.7 Å². The maximum Gasteiger partial charge on any atom is 0.255 e. The average molecular weight is 354 g/mol. The van der Waals surface area contributed by atoms with Crippen LogP contribution in [0.15, 0.2) is 47.4 Å². The second-order valence-electron chi connectivity index (χ2n) is 6.16. The molecule has 5 heteroatoms. The molecule has 0 bridgehead atoms. The smallest absolute Gasteiger partial charge is 0.255 e. The summed E-state index contributed by atoms with van der Waals surface area (Å²) in [5.74, 6) is 0.212. The fourth-order valence-corrected chi connectivity index (χ4v) is 3.55. The molecule has 25 heavy (non-hydrogen) atoms. The number of benzene rings is 2. The zero-order chi connectivity index (χ0) is 17.6. The van der Waals surface area contributed by atoms with Crippen LogP contribution in [0.25, 0.3) is 0 Å². The number of carbonyl (C=O) groups excluding carboxylic acids is 2. The summed E-state index contributed by atoms with van der Waals surface area (Å²) in [4.78, 5) is 24.9. The van der Waals surface area contributed by atoms with E-state index < -0.39 is 0 Å². The summed E-state index contributed by atoms with van der Waals surface area (Å²) < 4.78 is 0. The van der Waals surface area contributed by atoms with Crippen molar-refractivity contribution < 1.29 is 9.59 Å². The number of aryl methyl sites for hydroxylation is 1. The summed E-state index contributed by atoms with van der Waals surface area (Å²) in [7, 11) is 0. The normalized spacial score (nSPS) is 13.1. The number of anilines is 2. The molecule has 0 radical (unpaired) electrons. The number of thioether (sulfide) groups is 1. The minimum absolute atomic E-state index is 0.0336. The zero-order valence-electron chi connectivity index (χ0n) is 14.3. The van der Waals surface area contributed by atoms with Crippen molar-refractivity contribution in [1.82, 2.24) is 0 Å². The Kier molecular flexibility index (Phi) is 5.76. The highest BCUT2D eigenvalue weighted by Gasteiger charge is 2.17. The van der Waals surface area contributed by atoms with E-state index in [1.165, 1.54) is 36.6 Å². The summed E-state index contributed by atoms with van der Waals surface area (Å²) >= 11 is 1.49. The Hall–Kier alpha value is -2.27. The van der Waals surface area contributed by atoms with Crippen molar-refractivity contribution in [3.63, 3.8) is 0 Å². The first-order chi connectivity index (χ1) is 12.2. The van der Waals surface area contributed by atoms with Gasteiger partial charge in [0.2, 0.25) is 5.91 Å². The van der Waals surface area contributed by atoms with Crippen LogP contribution < -0.4 is 10.6 Å². The first kappa shape index (κ1) is 17.5. The molecular weight excluding hydrogens is 332 g/mol. The molecule has 0 fully saturated rings. The Labute approximate surface area is 152 Å². The molecule has 0 spiro atoms. The third-order valence-corrected chi connectivity index (χ3v) is 5.23. The lowest BCUT2D eigenvalue weighted by Gasteiger charge is -2.17. The van der Waals surface area contributed by atoms with E-state index in [1.54, 1.807) is 12.1 Å². The predicted molar refractivity (Wildman–Crippen MR) is 103 cm³/mol.